The van der Waals surface area contributed by atoms with Crippen molar-refractivity contribution in [2.75, 3.05) is 6.54 Å². The molecule has 0 amide bonds. The highest BCUT2D eigenvalue weighted by Crippen LogP contribution is 2.52. The molecule has 8 heteroatoms. The lowest BCUT2D eigenvalue weighted by Gasteiger charge is -2.30. The van der Waals surface area contributed by atoms with Crippen LogP contribution in [-0.4, -0.2) is 49.1 Å². The average molecular weight is 564 g/mol. The predicted octanol–water partition coefficient (Wildman–Crippen LogP) is 4.60. The highest BCUT2D eigenvalue weighted by Gasteiger charge is 2.49. The molecule has 1 aliphatic carbocycles. The number of aliphatic hydroxyl groups is 2. The Morgan fingerprint density at radius 3 is 2.48 bits per heavy atom. The van der Waals surface area contributed by atoms with Crippen LogP contribution in [0.4, 0.5) is 0 Å². The topological polar surface area (TPSA) is 105 Å². The molecule has 0 spiro atoms. The molecular weight excluding hydrogens is 526 g/mol. The number of aryl methyl sites for hydroxylation is 1. The molecule has 3 aromatic carbocycles. The smallest absolute Gasteiger partial charge is 0.240 e. The fourth-order valence-electron chi connectivity index (χ4n) is 5.65. The summed E-state index contributed by atoms with van der Waals surface area (Å²) in [5.41, 5.74) is 1.22. The number of rotatable bonds is 11. The monoisotopic (exact) mass is 563 g/mol. The van der Waals surface area contributed by atoms with E-state index in [9.17, 15) is 18.6 Å². The summed E-state index contributed by atoms with van der Waals surface area (Å²) in [6.07, 6.45) is 3.79. The van der Waals surface area contributed by atoms with Crippen LogP contribution in [-0.2, 0) is 16.4 Å². The number of benzene rings is 3. The van der Waals surface area contributed by atoms with E-state index in [2.05, 4.69) is 4.72 Å². The van der Waals surface area contributed by atoms with E-state index in [0.717, 1.165) is 16.9 Å². The van der Waals surface area contributed by atoms with Crippen LogP contribution in [0.25, 0.3) is 0 Å². The van der Waals surface area contributed by atoms with E-state index in [1.54, 1.807) is 36.4 Å². The summed E-state index contributed by atoms with van der Waals surface area (Å²) in [5.74, 6) is 1.28. The SMILES string of the molecule is CC(C)(Oc1ccccc1)[C@H](O)/C=C/[C@@H]1[C@H]2c3cccc(CCCNS(=O)(=O)c4ccccc4)c3O[C@H]2C[C@H]1O. The van der Waals surface area contributed by atoms with E-state index in [0.29, 0.717) is 31.6 Å². The van der Waals surface area contributed by atoms with Gasteiger partial charge in [0.2, 0.25) is 10.0 Å². The molecule has 0 aromatic heterocycles. The first-order valence-corrected chi connectivity index (χ1v) is 15.3. The first kappa shape index (κ1) is 28.4. The van der Waals surface area contributed by atoms with Crippen molar-refractivity contribution in [2.24, 2.45) is 5.92 Å². The molecule has 5 rings (SSSR count). The summed E-state index contributed by atoms with van der Waals surface area (Å²) in [6, 6.07) is 23.8. The van der Waals surface area contributed by atoms with Gasteiger partial charge in [-0.2, -0.15) is 0 Å². The molecule has 5 atom stereocenters. The molecule has 3 aromatic rings. The number of ether oxygens (including phenoxy) is 2. The van der Waals surface area contributed by atoms with Crippen LogP contribution in [0.2, 0.25) is 0 Å². The first-order chi connectivity index (χ1) is 19.2. The maximum Gasteiger partial charge on any atom is 0.240 e. The molecule has 0 radical (unpaired) electrons. The lowest BCUT2D eigenvalue weighted by molar-refractivity contribution is -0.00221. The van der Waals surface area contributed by atoms with Gasteiger partial charge in [-0.05, 0) is 56.5 Å². The number of hydrogen-bond donors (Lipinski definition) is 3. The van der Waals surface area contributed by atoms with Gasteiger partial charge in [0.25, 0.3) is 0 Å². The Bertz CT molecular complexity index is 1420. The van der Waals surface area contributed by atoms with Crippen LogP contribution >= 0.6 is 0 Å². The lowest BCUT2D eigenvalue weighted by Crippen LogP contribution is -2.41. The van der Waals surface area contributed by atoms with Crippen LogP contribution < -0.4 is 14.2 Å². The van der Waals surface area contributed by atoms with Crippen LogP contribution in [0.3, 0.4) is 0 Å². The Balaban J connectivity index is 1.23. The second kappa shape index (κ2) is 11.7. The molecule has 1 saturated carbocycles. The van der Waals surface area contributed by atoms with Crippen LogP contribution in [0.5, 0.6) is 11.5 Å². The standard InChI is InChI=1S/C32H37NO6S/c1-32(2,39-23-13-5-3-6-14-23)29(35)19-18-25-27(34)21-28-30(25)26-17-9-11-22(31(26)38-28)12-10-20-33-40(36,37)24-15-7-4-8-16-24/h3-9,11,13-19,25,27-30,33-35H,10,12,20-21H2,1-2H3/b19-18+/t25-,27+,28-,29+,30-/m0/s1. The molecule has 1 aliphatic heterocycles. The number of sulfonamides is 1. The number of nitrogens with one attached hydrogen (secondary N) is 1. The zero-order valence-electron chi connectivity index (χ0n) is 22.8. The molecule has 0 saturated heterocycles. The molecular formula is C32H37NO6S. The second-order valence-corrected chi connectivity index (χ2v) is 12.8. The molecule has 212 valence electrons. The van der Waals surface area contributed by atoms with Crippen molar-refractivity contribution in [3.05, 3.63) is 102 Å². The summed E-state index contributed by atoms with van der Waals surface area (Å²) >= 11 is 0. The number of para-hydroxylation sites is 2. The molecule has 1 heterocycles. The molecule has 0 bridgehead atoms. The van der Waals surface area contributed by atoms with Gasteiger partial charge in [0.1, 0.15) is 29.3 Å². The van der Waals surface area contributed by atoms with E-state index >= 15 is 0 Å². The average Bonchev–Trinajstić information content (AvgIpc) is 3.45. The third-order valence-corrected chi connectivity index (χ3v) is 9.29. The van der Waals surface area contributed by atoms with Crippen molar-refractivity contribution < 1.29 is 28.1 Å². The maximum absolute atomic E-state index is 12.5. The zero-order chi connectivity index (χ0) is 28.3. The van der Waals surface area contributed by atoms with Crippen LogP contribution in [0, 0.1) is 5.92 Å². The Kier molecular flexibility index (Phi) is 8.33. The summed E-state index contributed by atoms with van der Waals surface area (Å²) in [4.78, 5) is 0.254. The summed E-state index contributed by atoms with van der Waals surface area (Å²) in [6.45, 7) is 3.99. The quantitative estimate of drug-likeness (QED) is 0.233. The van der Waals surface area contributed by atoms with Gasteiger partial charge < -0.3 is 19.7 Å². The Labute approximate surface area is 236 Å². The van der Waals surface area contributed by atoms with E-state index in [1.165, 1.54) is 0 Å². The first-order valence-electron chi connectivity index (χ1n) is 13.8. The van der Waals surface area contributed by atoms with E-state index < -0.39 is 27.8 Å². The van der Waals surface area contributed by atoms with Gasteiger partial charge in [0, 0.05) is 30.4 Å². The van der Waals surface area contributed by atoms with Crippen molar-refractivity contribution in [3.8, 4) is 11.5 Å². The van der Waals surface area contributed by atoms with Gasteiger partial charge in [0.05, 0.1) is 11.0 Å². The normalized spacial score (nSPS) is 23.0. The molecule has 3 N–H and O–H groups in total. The van der Waals surface area contributed by atoms with E-state index in [-0.39, 0.29) is 22.8 Å². The Hall–Kier alpha value is -3.17. The van der Waals surface area contributed by atoms with Gasteiger partial charge in [0.15, 0.2) is 0 Å². The summed E-state index contributed by atoms with van der Waals surface area (Å²) in [5, 5.41) is 21.8. The summed E-state index contributed by atoms with van der Waals surface area (Å²) < 4.78 is 40.1. The molecule has 2 aliphatic rings. The third-order valence-electron chi connectivity index (χ3n) is 7.81. The highest BCUT2D eigenvalue weighted by molar-refractivity contribution is 7.89. The van der Waals surface area contributed by atoms with Crippen molar-refractivity contribution >= 4 is 10.0 Å². The van der Waals surface area contributed by atoms with Crippen molar-refractivity contribution in [2.45, 2.75) is 67.8 Å². The Morgan fingerprint density at radius 2 is 1.75 bits per heavy atom. The molecule has 0 unspecified atom stereocenters. The van der Waals surface area contributed by atoms with E-state index in [1.807, 2.05) is 68.5 Å². The van der Waals surface area contributed by atoms with Gasteiger partial charge in [-0.15, -0.1) is 0 Å². The van der Waals surface area contributed by atoms with Crippen LogP contribution in [0.1, 0.15) is 43.7 Å². The lowest BCUT2D eigenvalue weighted by atomic mass is 9.86. The van der Waals surface area contributed by atoms with Crippen molar-refractivity contribution in [3.63, 3.8) is 0 Å². The largest absolute Gasteiger partial charge is 0.489 e. The van der Waals surface area contributed by atoms with Gasteiger partial charge >= 0.3 is 0 Å². The minimum absolute atomic E-state index is 0.0249. The number of aliphatic hydroxyl groups excluding tert-OH is 2. The van der Waals surface area contributed by atoms with E-state index in [4.69, 9.17) is 9.47 Å². The van der Waals surface area contributed by atoms with Gasteiger partial charge in [-0.1, -0.05) is 66.7 Å². The number of fused-ring (bicyclic) bond motifs is 3. The molecule has 1 fully saturated rings. The van der Waals surface area contributed by atoms with Gasteiger partial charge in [-0.3, -0.25) is 0 Å². The zero-order valence-corrected chi connectivity index (χ0v) is 23.6. The van der Waals surface area contributed by atoms with Crippen molar-refractivity contribution in [1.82, 2.24) is 4.72 Å². The third kappa shape index (κ3) is 6.10. The van der Waals surface area contributed by atoms with Crippen LogP contribution in [0.15, 0.2) is 95.9 Å². The minimum Gasteiger partial charge on any atom is -0.489 e. The predicted molar refractivity (Wildman–Crippen MR) is 154 cm³/mol. The van der Waals surface area contributed by atoms with Gasteiger partial charge in [-0.25, -0.2) is 13.1 Å². The fraction of sp³-hybridized carbons (Fsp3) is 0.375. The highest BCUT2D eigenvalue weighted by atomic mass is 32.2. The summed E-state index contributed by atoms with van der Waals surface area (Å²) in [7, 11) is -3.54. The maximum atomic E-state index is 12.5. The number of hydrogen-bond acceptors (Lipinski definition) is 6. The minimum atomic E-state index is -3.54. The second-order valence-electron chi connectivity index (χ2n) is 11.1. The van der Waals surface area contributed by atoms with Crippen molar-refractivity contribution in [1.29, 1.82) is 0 Å². The Morgan fingerprint density at radius 1 is 1.05 bits per heavy atom. The molecule has 7 nitrogen and oxygen atoms in total. The fourth-order valence-corrected chi connectivity index (χ4v) is 6.75. The molecule has 40 heavy (non-hydrogen) atoms.